The molecule has 1 aromatic carbocycles. The van der Waals surface area contributed by atoms with E-state index in [0.717, 1.165) is 27.6 Å². The SMILES string of the molecule is Cc1cnccc1C(O)c1cccc2cccnc12. The monoisotopic (exact) mass is 250 g/mol. The van der Waals surface area contributed by atoms with Gasteiger partial charge in [0, 0.05) is 29.5 Å². The minimum absolute atomic E-state index is 0.679. The highest BCUT2D eigenvalue weighted by atomic mass is 16.3. The van der Waals surface area contributed by atoms with E-state index < -0.39 is 6.10 Å². The van der Waals surface area contributed by atoms with Gasteiger partial charge in [0.15, 0.2) is 0 Å². The molecular weight excluding hydrogens is 236 g/mol. The maximum absolute atomic E-state index is 10.6. The molecule has 0 aliphatic heterocycles. The maximum Gasteiger partial charge on any atom is 0.107 e. The highest BCUT2D eigenvalue weighted by molar-refractivity contribution is 5.82. The summed E-state index contributed by atoms with van der Waals surface area (Å²) in [5, 5.41) is 11.6. The predicted octanol–water partition coefficient (Wildman–Crippen LogP) is 3.02. The van der Waals surface area contributed by atoms with E-state index in [-0.39, 0.29) is 0 Å². The molecule has 1 unspecified atom stereocenters. The first-order chi connectivity index (χ1) is 9.27. The van der Waals surface area contributed by atoms with Crippen molar-refractivity contribution >= 4 is 10.9 Å². The number of rotatable bonds is 2. The molecule has 0 bridgehead atoms. The van der Waals surface area contributed by atoms with Crippen LogP contribution in [-0.4, -0.2) is 15.1 Å². The lowest BCUT2D eigenvalue weighted by atomic mass is 9.97. The van der Waals surface area contributed by atoms with Gasteiger partial charge in [-0.3, -0.25) is 9.97 Å². The number of fused-ring (bicyclic) bond motifs is 1. The molecule has 0 saturated carbocycles. The van der Waals surface area contributed by atoms with Gasteiger partial charge in [-0.05, 0) is 30.2 Å². The molecule has 0 amide bonds. The number of pyridine rings is 2. The van der Waals surface area contributed by atoms with Crippen LogP contribution in [-0.2, 0) is 0 Å². The average Bonchev–Trinajstić information content (AvgIpc) is 2.46. The van der Waals surface area contributed by atoms with Crippen LogP contribution in [0.15, 0.2) is 55.0 Å². The zero-order chi connectivity index (χ0) is 13.2. The van der Waals surface area contributed by atoms with Gasteiger partial charge >= 0.3 is 0 Å². The Labute approximate surface area is 111 Å². The summed E-state index contributed by atoms with van der Waals surface area (Å²) in [6.45, 7) is 1.95. The Morgan fingerprint density at radius 3 is 2.68 bits per heavy atom. The van der Waals surface area contributed by atoms with Crippen LogP contribution in [0.4, 0.5) is 0 Å². The number of aromatic nitrogens is 2. The van der Waals surface area contributed by atoms with Crippen molar-refractivity contribution in [1.82, 2.24) is 9.97 Å². The molecule has 19 heavy (non-hydrogen) atoms. The fraction of sp³-hybridized carbons (Fsp3) is 0.125. The number of para-hydroxylation sites is 1. The van der Waals surface area contributed by atoms with Crippen LogP contribution in [0.2, 0.25) is 0 Å². The Morgan fingerprint density at radius 1 is 1.00 bits per heavy atom. The predicted molar refractivity (Wildman–Crippen MR) is 74.8 cm³/mol. The van der Waals surface area contributed by atoms with Crippen molar-refractivity contribution in [3.05, 3.63) is 71.7 Å². The van der Waals surface area contributed by atoms with Crippen molar-refractivity contribution in [1.29, 1.82) is 0 Å². The quantitative estimate of drug-likeness (QED) is 0.760. The molecule has 1 atom stereocenters. The topological polar surface area (TPSA) is 46.0 Å². The molecule has 3 nitrogen and oxygen atoms in total. The summed E-state index contributed by atoms with van der Waals surface area (Å²) in [6, 6.07) is 11.6. The van der Waals surface area contributed by atoms with Gasteiger partial charge < -0.3 is 5.11 Å². The second kappa shape index (κ2) is 4.78. The standard InChI is InChI=1S/C16H14N2O/c1-11-10-17-9-7-13(11)16(19)14-6-2-4-12-5-3-8-18-15(12)14/h2-10,16,19H,1H3. The fourth-order valence-corrected chi connectivity index (χ4v) is 2.31. The summed E-state index contributed by atoms with van der Waals surface area (Å²) in [4.78, 5) is 8.44. The van der Waals surface area contributed by atoms with Crippen molar-refractivity contribution in [3.63, 3.8) is 0 Å². The molecule has 0 fully saturated rings. The van der Waals surface area contributed by atoms with E-state index in [2.05, 4.69) is 9.97 Å². The minimum atomic E-state index is -0.679. The summed E-state index contributed by atoms with van der Waals surface area (Å²) < 4.78 is 0. The highest BCUT2D eigenvalue weighted by Gasteiger charge is 2.15. The molecule has 2 aromatic heterocycles. The van der Waals surface area contributed by atoms with Crippen molar-refractivity contribution in [2.45, 2.75) is 13.0 Å². The molecule has 2 heterocycles. The average molecular weight is 250 g/mol. The summed E-state index contributed by atoms with van der Waals surface area (Å²) in [7, 11) is 0. The number of hydrogen-bond donors (Lipinski definition) is 1. The molecule has 0 radical (unpaired) electrons. The minimum Gasteiger partial charge on any atom is -0.384 e. The van der Waals surface area contributed by atoms with E-state index >= 15 is 0 Å². The first-order valence-electron chi connectivity index (χ1n) is 6.19. The lowest BCUT2D eigenvalue weighted by Crippen LogP contribution is -2.03. The molecule has 3 rings (SSSR count). The van der Waals surface area contributed by atoms with Crippen LogP contribution >= 0.6 is 0 Å². The number of aliphatic hydroxyl groups excluding tert-OH is 1. The molecule has 0 saturated heterocycles. The molecule has 0 spiro atoms. The van der Waals surface area contributed by atoms with Crippen LogP contribution in [0.3, 0.4) is 0 Å². The zero-order valence-electron chi connectivity index (χ0n) is 10.6. The first-order valence-corrected chi connectivity index (χ1v) is 6.19. The van der Waals surface area contributed by atoms with Crippen LogP contribution in [0, 0.1) is 6.92 Å². The third-order valence-corrected chi connectivity index (χ3v) is 3.32. The molecule has 3 heteroatoms. The molecule has 1 N–H and O–H groups in total. The fourth-order valence-electron chi connectivity index (χ4n) is 2.31. The number of benzene rings is 1. The summed E-state index contributed by atoms with van der Waals surface area (Å²) in [6.07, 6.45) is 4.53. The van der Waals surface area contributed by atoms with Crippen LogP contribution < -0.4 is 0 Å². The Hall–Kier alpha value is -2.26. The maximum atomic E-state index is 10.6. The van der Waals surface area contributed by atoms with Crippen LogP contribution in [0.1, 0.15) is 22.8 Å². The summed E-state index contributed by atoms with van der Waals surface area (Å²) in [5.74, 6) is 0. The van der Waals surface area contributed by atoms with Gasteiger partial charge in [-0.2, -0.15) is 0 Å². The van der Waals surface area contributed by atoms with E-state index in [9.17, 15) is 5.11 Å². The van der Waals surface area contributed by atoms with E-state index in [1.54, 1.807) is 18.6 Å². The van der Waals surface area contributed by atoms with E-state index in [1.165, 1.54) is 0 Å². The Bertz CT molecular complexity index is 719. The largest absolute Gasteiger partial charge is 0.384 e. The number of nitrogens with zero attached hydrogens (tertiary/aromatic N) is 2. The lowest BCUT2D eigenvalue weighted by Gasteiger charge is -2.15. The van der Waals surface area contributed by atoms with E-state index in [0.29, 0.717) is 0 Å². The number of hydrogen-bond acceptors (Lipinski definition) is 3. The molecule has 0 aliphatic rings. The number of aliphatic hydroxyl groups is 1. The van der Waals surface area contributed by atoms with Crippen LogP contribution in [0.5, 0.6) is 0 Å². The number of aryl methyl sites for hydroxylation is 1. The Balaban J connectivity index is 2.17. The molecular formula is C16H14N2O. The third kappa shape index (κ3) is 2.09. The summed E-state index contributed by atoms with van der Waals surface area (Å²) >= 11 is 0. The van der Waals surface area contributed by atoms with Gasteiger partial charge in [-0.25, -0.2) is 0 Å². The first kappa shape index (κ1) is 11.8. The van der Waals surface area contributed by atoms with Gasteiger partial charge in [0.1, 0.15) is 6.10 Å². The van der Waals surface area contributed by atoms with Crippen molar-refractivity contribution < 1.29 is 5.11 Å². The second-order valence-corrected chi connectivity index (χ2v) is 4.56. The Morgan fingerprint density at radius 2 is 1.84 bits per heavy atom. The second-order valence-electron chi connectivity index (χ2n) is 4.56. The lowest BCUT2D eigenvalue weighted by molar-refractivity contribution is 0.221. The van der Waals surface area contributed by atoms with Gasteiger partial charge in [0.05, 0.1) is 5.52 Å². The summed E-state index contributed by atoms with van der Waals surface area (Å²) in [5.41, 5.74) is 3.51. The molecule has 94 valence electrons. The van der Waals surface area contributed by atoms with Crippen molar-refractivity contribution in [2.75, 3.05) is 0 Å². The van der Waals surface area contributed by atoms with Gasteiger partial charge in [-0.15, -0.1) is 0 Å². The Kier molecular flexibility index (Phi) is 2.97. The van der Waals surface area contributed by atoms with Crippen LogP contribution in [0.25, 0.3) is 10.9 Å². The molecule has 3 aromatic rings. The van der Waals surface area contributed by atoms with E-state index in [4.69, 9.17) is 0 Å². The van der Waals surface area contributed by atoms with Crippen molar-refractivity contribution in [2.24, 2.45) is 0 Å². The van der Waals surface area contributed by atoms with Crippen molar-refractivity contribution in [3.8, 4) is 0 Å². The zero-order valence-corrected chi connectivity index (χ0v) is 10.6. The molecule has 0 aliphatic carbocycles. The van der Waals surface area contributed by atoms with E-state index in [1.807, 2.05) is 43.3 Å². The highest BCUT2D eigenvalue weighted by Crippen LogP contribution is 2.28. The normalized spacial score (nSPS) is 12.5. The van der Waals surface area contributed by atoms with Gasteiger partial charge in [-0.1, -0.05) is 24.3 Å². The van der Waals surface area contributed by atoms with Gasteiger partial charge in [0.25, 0.3) is 0 Å². The third-order valence-electron chi connectivity index (χ3n) is 3.32. The smallest absolute Gasteiger partial charge is 0.107 e. The van der Waals surface area contributed by atoms with Gasteiger partial charge in [0.2, 0.25) is 0 Å².